The Balaban J connectivity index is 2.03. The molecule has 0 spiro atoms. The average Bonchev–Trinajstić information content (AvgIpc) is 2.77. The van der Waals surface area contributed by atoms with E-state index in [9.17, 15) is 9.59 Å². The molecule has 2 rings (SSSR count). The van der Waals surface area contributed by atoms with E-state index in [2.05, 4.69) is 5.32 Å². The summed E-state index contributed by atoms with van der Waals surface area (Å²) in [6.45, 7) is 6.66. The van der Waals surface area contributed by atoms with E-state index in [1.165, 1.54) is 4.90 Å². The molecule has 0 aliphatic rings. The van der Waals surface area contributed by atoms with Crippen molar-refractivity contribution in [3.8, 4) is 5.75 Å². The smallest absolute Gasteiger partial charge is 0.261 e. The minimum atomic E-state index is -0.695. The molecule has 6 nitrogen and oxygen atoms in total. The molecule has 2 amide bonds. The van der Waals surface area contributed by atoms with Crippen LogP contribution < -0.4 is 10.1 Å². The van der Waals surface area contributed by atoms with Gasteiger partial charge < -0.3 is 19.7 Å². The van der Waals surface area contributed by atoms with E-state index in [1.54, 1.807) is 43.3 Å². The first-order valence-electron chi connectivity index (χ1n) is 10.6. The van der Waals surface area contributed by atoms with Gasteiger partial charge in [0, 0.05) is 24.7 Å². The number of amides is 2. The first kappa shape index (κ1) is 26.0. The Morgan fingerprint density at radius 3 is 2.38 bits per heavy atom. The summed E-state index contributed by atoms with van der Waals surface area (Å²) in [7, 11) is 0. The highest BCUT2D eigenvalue weighted by Crippen LogP contribution is 2.23. The number of benzene rings is 2. The van der Waals surface area contributed by atoms with E-state index in [0.29, 0.717) is 35.4 Å². The molecular weight excluding hydrogens is 451 g/mol. The van der Waals surface area contributed by atoms with Crippen molar-refractivity contribution < 1.29 is 19.1 Å². The highest BCUT2D eigenvalue weighted by atomic mass is 35.5. The molecule has 0 bridgehead atoms. The predicted molar refractivity (Wildman–Crippen MR) is 127 cm³/mol. The van der Waals surface area contributed by atoms with Gasteiger partial charge in [-0.1, -0.05) is 47.5 Å². The molecule has 0 aromatic heterocycles. The number of para-hydroxylation sites is 1. The van der Waals surface area contributed by atoms with E-state index in [4.69, 9.17) is 32.7 Å². The van der Waals surface area contributed by atoms with Crippen LogP contribution in [0.4, 0.5) is 0 Å². The van der Waals surface area contributed by atoms with Crippen LogP contribution in [0.15, 0.2) is 48.5 Å². The summed E-state index contributed by atoms with van der Waals surface area (Å²) in [5.74, 6) is -0.156. The second-order valence-corrected chi connectivity index (χ2v) is 8.45. The summed E-state index contributed by atoms with van der Waals surface area (Å²) >= 11 is 12.1. The first-order chi connectivity index (χ1) is 15.3. The van der Waals surface area contributed by atoms with Crippen molar-refractivity contribution in [3.63, 3.8) is 0 Å². The summed E-state index contributed by atoms with van der Waals surface area (Å²) in [5, 5.41) is 3.89. The fourth-order valence-electron chi connectivity index (χ4n) is 2.90. The minimum absolute atomic E-state index is 0.148. The van der Waals surface area contributed by atoms with E-state index < -0.39 is 6.04 Å². The zero-order chi connectivity index (χ0) is 23.5. The third kappa shape index (κ3) is 8.69. The number of ether oxygens (including phenoxy) is 2. The lowest BCUT2D eigenvalue weighted by atomic mass is 10.1. The van der Waals surface area contributed by atoms with Crippen LogP contribution >= 0.6 is 23.2 Å². The summed E-state index contributed by atoms with van der Waals surface area (Å²) in [5.41, 5.74) is 0.852. The normalized spacial score (nSPS) is 11.8. The molecule has 0 saturated carbocycles. The lowest BCUT2D eigenvalue weighted by Crippen LogP contribution is -2.49. The van der Waals surface area contributed by atoms with Gasteiger partial charge in [-0.3, -0.25) is 9.59 Å². The molecule has 0 saturated heterocycles. The topological polar surface area (TPSA) is 67.9 Å². The Hall–Kier alpha value is -2.28. The van der Waals surface area contributed by atoms with Crippen molar-refractivity contribution in [1.29, 1.82) is 0 Å². The maximum absolute atomic E-state index is 13.0. The second-order valence-electron chi connectivity index (χ2n) is 7.61. The van der Waals surface area contributed by atoms with Crippen molar-refractivity contribution in [2.24, 2.45) is 0 Å². The average molecular weight is 481 g/mol. The van der Waals surface area contributed by atoms with Crippen LogP contribution in [0.5, 0.6) is 5.75 Å². The molecule has 0 fully saturated rings. The molecule has 174 valence electrons. The van der Waals surface area contributed by atoms with Gasteiger partial charge >= 0.3 is 0 Å². The Bertz CT molecular complexity index is 875. The Labute approximate surface area is 199 Å². The van der Waals surface area contributed by atoms with Crippen LogP contribution in [-0.4, -0.2) is 48.6 Å². The van der Waals surface area contributed by atoms with Crippen molar-refractivity contribution >= 4 is 35.0 Å². The number of hydrogen-bond acceptors (Lipinski definition) is 4. The Morgan fingerprint density at radius 2 is 1.72 bits per heavy atom. The number of rotatable bonds is 12. The summed E-state index contributed by atoms with van der Waals surface area (Å²) in [4.78, 5) is 27.2. The van der Waals surface area contributed by atoms with Gasteiger partial charge in [0.2, 0.25) is 5.91 Å². The van der Waals surface area contributed by atoms with Gasteiger partial charge in [-0.15, -0.1) is 0 Å². The highest BCUT2D eigenvalue weighted by Gasteiger charge is 2.26. The van der Waals surface area contributed by atoms with Crippen molar-refractivity contribution in [1.82, 2.24) is 10.2 Å². The quantitative estimate of drug-likeness (QED) is 0.446. The molecule has 0 heterocycles. The zero-order valence-electron chi connectivity index (χ0n) is 18.6. The van der Waals surface area contributed by atoms with Gasteiger partial charge in [0.1, 0.15) is 11.8 Å². The number of carbonyl (C=O) groups excluding carboxylic acids is 2. The van der Waals surface area contributed by atoms with Gasteiger partial charge in [0.05, 0.1) is 11.1 Å². The van der Waals surface area contributed by atoms with E-state index in [0.717, 1.165) is 5.56 Å². The SMILES string of the molecule is CC(C)OCCCNC(=O)C(C)N(Cc1ccc(Cl)cc1)C(=O)COc1ccccc1Cl. The zero-order valence-corrected chi connectivity index (χ0v) is 20.2. The van der Waals surface area contributed by atoms with Crippen LogP contribution in [0.3, 0.4) is 0 Å². The molecule has 1 N–H and O–H groups in total. The predicted octanol–water partition coefficient (Wildman–Crippen LogP) is 4.72. The van der Waals surface area contributed by atoms with E-state index in [1.807, 2.05) is 26.0 Å². The minimum Gasteiger partial charge on any atom is -0.482 e. The monoisotopic (exact) mass is 480 g/mol. The molecule has 0 aliphatic carbocycles. The van der Waals surface area contributed by atoms with Gasteiger partial charge in [-0.2, -0.15) is 0 Å². The molecular formula is C24H30Cl2N2O4. The summed E-state index contributed by atoms with van der Waals surface area (Å²) in [6, 6.07) is 13.4. The fraction of sp³-hybridized carbons (Fsp3) is 0.417. The molecule has 8 heteroatoms. The van der Waals surface area contributed by atoms with Crippen LogP contribution in [0, 0.1) is 0 Å². The number of hydrogen-bond donors (Lipinski definition) is 1. The van der Waals surface area contributed by atoms with Crippen LogP contribution in [-0.2, 0) is 20.9 Å². The van der Waals surface area contributed by atoms with Crippen molar-refractivity contribution in [3.05, 3.63) is 64.1 Å². The van der Waals surface area contributed by atoms with E-state index in [-0.39, 0.29) is 31.1 Å². The standard InChI is InChI=1S/C24H30Cl2N2O4/c1-17(2)31-14-6-13-27-24(30)18(3)28(15-19-9-11-20(25)12-10-19)23(29)16-32-22-8-5-4-7-21(22)26/h4-5,7-12,17-18H,6,13-16H2,1-3H3,(H,27,30). The summed E-state index contributed by atoms with van der Waals surface area (Å²) < 4.78 is 11.1. The van der Waals surface area contributed by atoms with Gasteiger partial charge in [0.25, 0.3) is 5.91 Å². The highest BCUT2D eigenvalue weighted by molar-refractivity contribution is 6.32. The largest absolute Gasteiger partial charge is 0.482 e. The van der Waals surface area contributed by atoms with Crippen LogP contribution in [0.1, 0.15) is 32.8 Å². The molecule has 2 aromatic carbocycles. The maximum Gasteiger partial charge on any atom is 0.261 e. The molecule has 2 aromatic rings. The number of halogens is 2. The lowest BCUT2D eigenvalue weighted by Gasteiger charge is -2.29. The van der Waals surface area contributed by atoms with Gasteiger partial charge in [0.15, 0.2) is 6.61 Å². The molecule has 1 unspecified atom stereocenters. The fourth-order valence-corrected chi connectivity index (χ4v) is 3.22. The third-order valence-electron chi connectivity index (χ3n) is 4.69. The molecule has 1 atom stereocenters. The first-order valence-corrected chi connectivity index (χ1v) is 11.3. The van der Waals surface area contributed by atoms with Crippen LogP contribution in [0.2, 0.25) is 10.0 Å². The number of nitrogens with one attached hydrogen (secondary N) is 1. The maximum atomic E-state index is 13.0. The van der Waals surface area contributed by atoms with Crippen LogP contribution in [0.25, 0.3) is 0 Å². The molecule has 0 aliphatic heterocycles. The Morgan fingerprint density at radius 1 is 1.03 bits per heavy atom. The third-order valence-corrected chi connectivity index (χ3v) is 5.26. The molecule has 32 heavy (non-hydrogen) atoms. The van der Waals surface area contributed by atoms with Crippen molar-refractivity contribution in [2.45, 2.75) is 45.9 Å². The lowest BCUT2D eigenvalue weighted by molar-refractivity contribution is -0.142. The number of nitrogens with zero attached hydrogens (tertiary/aromatic N) is 1. The van der Waals surface area contributed by atoms with E-state index >= 15 is 0 Å². The molecule has 0 radical (unpaired) electrons. The van der Waals surface area contributed by atoms with Crippen molar-refractivity contribution in [2.75, 3.05) is 19.8 Å². The van der Waals surface area contributed by atoms with Gasteiger partial charge in [-0.25, -0.2) is 0 Å². The second kappa shape index (κ2) is 13.3. The number of carbonyl (C=O) groups is 2. The Kier molecular flexibility index (Phi) is 10.8. The summed E-state index contributed by atoms with van der Waals surface area (Å²) in [6.07, 6.45) is 0.840. The van der Waals surface area contributed by atoms with Gasteiger partial charge in [-0.05, 0) is 57.0 Å².